The lowest BCUT2D eigenvalue weighted by Gasteiger charge is -2.17. The molecule has 84 valence electrons. The summed E-state index contributed by atoms with van der Waals surface area (Å²) in [6.07, 6.45) is 8.13. The van der Waals surface area contributed by atoms with E-state index in [1.165, 1.54) is 32.1 Å². The van der Waals surface area contributed by atoms with Gasteiger partial charge in [0.2, 0.25) is 5.89 Å². The largest absolute Gasteiger partial charge is 0.339 e. The summed E-state index contributed by atoms with van der Waals surface area (Å²) in [5, 5.41) is 3.99. The number of rotatable bonds is 4. The lowest BCUT2D eigenvalue weighted by Crippen LogP contribution is -2.05. The summed E-state index contributed by atoms with van der Waals surface area (Å²) in [6, 6.07) is 0. The summed E-state index contributed by atoms with van der Waals surface area (Å²) >= 11 is 0. The molecule has 1 aliphatic carbocycles. The van der Waals surface area contributed by atoms with Crippen molar-refractivity contribution in [3.8, 4) is 0 Å². The Morgan fingerprint density at radius 2 is 2.07 bits per heavy atom. The van der Waals surface area contributed by atoms with Gasteiger partial charge >= 0.3 is 0 Å². The van der Waals surface area contributed by atoms with E-state index in [0.717, 1.165) is 24.6 Å². The highest BCUT2D eigenvalue weighted by atomic mass is 16.5. The van der Waals surface area contributed by atoms with Gasteiger partial charge in [0.15, 0.2) is 5.82 Å². The maximum absolute atomic E-state index is 5.44. The normalized spacial score (nSPS) is 18.2. The quantitative estimate of drug-likeness (QED) is 0.823. The minimum Gasteiger partial charge on any atom is -0.339 e. The van der Waals surface area contributed by atoms with Gasteiger partial charge in [-0.25, -0.2) is 0 Å². The fraction of sp³-hybridized carbons (Fsp3) is 0.818. The van der Waals surface area contributed by atoms with E-state index in [-0.39, 0.29) is 0 Å². The summed E-state index contributed by atoms with van der Waals surface area (Å²) in [7, 11) is 0. The van der Waals surface area contributed by atoms with Gasteiger partial charge in [-0.1, -0.05) is 24.4 Å². The van der Waals surface area contributed by atoms with Crippen LogP contribution in [0.15, 0.2) is 4.52 Å². The first-order valence-corrected chi connectivity index (χ1v) is 5.92. The molecule has 1 saturated carbocycles. The van der Waals surface area contributed by atoms with E-state index in [4.69, 9.17) is 10.3 Å². The Morgan fingerprint density at radius 1 is 1.27 bits per heavy atom. The molecule has 4 heteroatoms. The van der Waals surface area contributed by atoms with Crippen LogP contribution in [0.4, 0.5) is 0 Å². The standard InChI is InChI=1S/C11H19N3O/c12-8-4-7-10-13-11(15-14-10)9-5-2-1-3-6-9/h9H,1-8,12H2. The van der Waals surface area contributed by atoms with Gasteiger partial charge in [0.1, 0.15) is 0 Å². The molecule has 1 aliphatic rings. The van der Waals surface area contributed by atoms with E-state index < -0.39 is 0 Å². The number of hydrogen-bond donors (Lipinski definition) is 1. The van der Waals surface area contributed by atoms with Gasteiger partial charge in [0.25, 0.3) is 0 Å². The molecule has 2 rings (SSSR count). The fourth-order valence-electron chi connectivity index (χ4n) is 2.14. The summed E-state index contributed by atoms with van der Waals surface area (Å²) in [5.74, 6) is 2.18. The molecule has 0 amide bonds. The number of hydrogen-bond acceptors (Lipinski definition) is 4. The zero-order valence-corrected chi connectivity index (χ0v) is 9.11. The van der Waals surface area contributed by atoms with E-state index >= 15 is 0 Å². The highest BCUT2D eigenvalue weighted by Crippen LogP contribution is 2.31. The van der Waals surface area contributed by atoms with Crippen molar-refractivity contribution in [1.29, 1.82) is 0 Å². The molecule has 0 aromatic carbocycles. The van der Waals surface area contributed by atoms with Crippen molar-refractivity contribution in [2.45, 2.75) is 50.9 Å². The average Bonchev–Trinajstić information content (AvgIpc) is 2.76. The Bertz CT molecular complexity index is 292. The van der Waals surface area contributed by atoms with Crippen molar-refractivity contribution >= 4 is 0 Å². The molecule has 0 bridgehead atoms. The molecular formula is C11H19N3O. The van der Waals surface area contributed by atoms with Crippen LogP contribution >= 0.6 is 0 Å². The second kappa shape index (κ2) is 5.26. The number of nitrogens with two attached hydrogens (primary N) is 1. The van der Waals surface area contributed by atoms with Crippen LogP contribution < -0.4 is 5.73 Å². The zero-order valence-electron chi connectivity index (χ0n) is 9.11. The van der Waals surface area contributed by atoms with E-state index in [0.29, 0.717) is 12.5 Å². The van der Waals surface area contributed by atoms with Crippen molar-refractivity contribution in [2.24, 2.45) is 5.73 Å². The summed E-state index contributed by atoms with van der Waals surface area (Å²) < 4.78 is 5.30. The van der Waals surface area contributed by atoms with Crippen molar-refractivity contribution in [3.05, 3.63) is 11.7 Å². The highest BCUT2D eigenvalue weighted by molar-refractivity contribution is 4.95. The maximum atomic E-state index is 5.44. The molecule has 0 unspecified atom stereocenters. The lowest BCUT2D eigenvalue weighted by molar-refractivity contribution is 0.312. The van der Waals surface area contributed by atoms with Gasteiger partial charge in [-0.05, 0) is 25.8 Å². The van der Waals surface area contributed by atoms with Gasteiger partial charge in [0.05, 0.1) is 0 Å². The third-order valence-corrected chi connectivity index (χ3v) is 3.04. The first-order chi connectivity index (χ1) is 7.40. The molecule has 1 fully saturated rings. The summed E-state index contributed by atoms with van der Waals surface area (Å²) in [6.45, 7) is 0.688. The Hall–Kier alpha value is -0.900. The van der Waals surface area contributed by atoms with Gasteiger partial charge in [0, 0.05) is 12.3 Å². The average molecular weight is 209 g/mol. The molecule has 0 spiro atoms. The van der Waals surface area contributed by atoms with Crippen LogP contribution in [0.3, 0.4) is 0 Å². The molecular weight excluding hydrogens is 190 g/mol. The molecule has 15 heavy (non-hydrogen) atoms. The predicted octanol–water partition coefficient (Wildman–Crippen LogP) is 2.01. The van der Waals surface area contributed by atoms with Crippen LogP contribution in [-0.4, -0.2) is 16.7 Å². The minimum atomic E-state index is 0.512. The lowest BCUT2D eigenvalue weighted by atomic mass is 9.89. The third kappa shape index (κ3) is 2.78. The molecule has 0 saturated heterocycles. The molecule has 1 heterocycles. The molecule has 0 aliphatic heterocycles. The molecule has 0 atom stereocenters. The predicted molar refractivity (Wildman–Crippen MR) is 57.5 cm³/mol. The van der Waals surface area contributed by atoms with Crippen LogP contribution in [0, 0.1) is 0 Å². The van der Waals surface area contributed by atoms with Gasteiger partial charge in [-0.2, -0.15) is 4.98 Å². The molecule has 1 aromatic heterocycles. The second-order valence-electron chi connectivity index (χ2n) is 4.28. The van der Waals surface area contributed by atoms with Crippen molar-refractivity contribution < 1.29 is 4.52 Å². The smallest absolute Gasteiger partial charge is 0.229 e. The Kier molecular flexibility index (Phi) is 3.72. The van der Waals surface area contributed by atoms with Crippen LogP contribution in [0.25, 0.3) is 0 Å². The first kappa shape index (κ1) is 10.6. The van der Waals surface area contributed by atoms with Crippen molar-refractivity contribution in [2.75, 3.05) is 6.54 Å². The maximum Gasteiger partial charge on any atom is 0.229 e. The Balaban J connectivity index is 1.93. The van der Waals surface area contributed by atoms with Crippen LogP contribution in [0.2, 0.25) is 0 Å². The molecule has 4 nitrogen and oxygen atoms in total. The van der Waals surface area contributed by atoms with E-state index in [2.05, 4.69) is 10.1 Å². The fourth-order valence-corrected chi connectivity index (χ4v) is 2.14. The highest BCUT2D eigenvalue weighted by Gasteiger charge is 2.21. The number of aromatic nitrogens is 2. The van der Waals surface area contributed by atoms with E-state index in [1.807, 2.05) is 0 Å². The Morgan fingerprint density at radius 3 is 2.80 bits per heavy atom. The summed E-state index contributed by atoms with van der Waals surface area (Å²) in [5.41, 5.74) is 5.44. The monoisotopic (exact) mass is 209 g/mol. The van der Waals surface area contributed by atoms with Gasteiger partial charge in [-0.15, -0.1) is 0 Å². The van der Waals surface area contributed by atoms with E-state index in [9.17, 15) is 0 Å². The number of nitrogens with zero attached hydrogens (tertiary/aromatic N) is 2. The molecule has 1 aromatic rings. The SMILES string of the molecule is NCCCc1noc(C2CCCCC2)n1. The Labute approximate surface area is 90.2 Å². The minimum absolute atomic E-state index is 0.512. The first-order valence-electron chi connectivity index (χ1n) is 5.92. The van der Waals surface area contributed by atoms with E-state index in [1.54, 1.807) is 0 Å². The van der Waals surface area contributed by atoms with Gasteiger partial charge < -0.3 is 10.3 Å². The third-order valence-electron chi connectivity index (χ3n) is 3.04. The van der Waals surface area contributed by atoms with Crippen LogP contribution in [-0.2, 0) is 6.42 Å². The summed E-state index contributed by atoms with van der Waals surface area (Å²) in [4.78, 5) is 4.44. The topological polar surface area (TPSA) is 64.9 Å². The van der Waals surface area contributed by atoms with Crippen LogP contribution in [0.5, 0.6) is 0 Å². The molecule has 0 radical (unpaired) electrons. The second-order valence-corrected chi connectivity index (χ2v) is 4.28. The van der Waals surface area contributed by atoms with Crippen molar-refractivity contribution in [3.63, 3.8) is 0 Å². The zero-order chi connectivity index (χ0) is 10.5. The van der Waals surface area contributed by atoms with Gasteiger partial charge in [-0.3, -0.25) is 0 Å². The van der Waals surface area contributed by atoms with Crippen LogP contribution in [0.1, 0.15) is 56.2 Å². The number of aryl methyl sites for hydroxylation is 1. The van der Waals surface area contributed by atoms with Crippen molar-refractivity contribution in [1.82, 2.24) is 10.1 Å². The molecule has 2 N–H and O–H groups in total.